The molecule has 26 heavy (non-hydrogen) atoms. The van der Waals surface area contributed by atoms with Crippen LogP contribution >= 0.6 is 0 Å². The first-order valence-electron chi connectivity index (χ1n) is 8.20. The van der Waals surface area contributed by atoms with E-state index in [0.717, 1.165) is 13.0 Å². The van der Waals surface area contributed by atoms with E-state index in [1.165, 1.54) is 19.5 Å². The van der Waals surface area contributed by atoms with Gasteiger partial charge in [-0.05, 0) is 45.3 Å². The van der Waals surface area contributed by atoms with Crippen molar-refractivity contribution in [2.45, 2.75) is 6.42 Å². The number of ether oxygens (including phenoxy) is 1. The van der Waals surface area contributed by atoms with E-state index in [4.69, 9.17) is 4.74 Å². The molecule has 1 aromatic heterocycles. The summed E-state index contributed by atoms with van der Waals surface area (Å²) in [4.78, 5) is 33.9. The number of nitrogens with zero attached hydrogens (tertiary/aromatic N) is 3. The van der Waals surface area contributed by atoms with E-state index in [1.54, 1.807) is 24.3 Å². The minimum Gasteiger partial charge on any atom is -0.465 e. The van der Waals surface area contributed by atoms with Crippen molar-refractivity contribution in [3.8, 4) is 0 Å². The second-order valence-corrected chi connectivity index (χ2v) is 5.91. The monoisotopic (exact) mass is 357 g/mol. The standard InChI is InChI=1S/C18H23N5O3/c1-23(2)9-5-8-19-16(24)14-11-20-18(21-12-14)22-15-7-4-6-13(10-15)17(25)26-3/h4,6-7,10-12H,5,8-9H2,1-3H3,(H,19,24)(H,20,21,22). The first kappa shape index (κ1) is 19.3. The maximum Gasteiger partial charge on any atom is 0.337 e. The first-order valence-corrected chi connectivity index (χ1v) is 8.20. The zero-order valence-corrected chi connectivity index (χ0v) is 15.2. The minimum absolute atomic E-state index is 0.206. The highest BCUT2D eigenvalue weighted by Gasteiger charge is 2.08. The molecule has 2 rings (SSSR count). The number of carbonyl (C=O) groups excluding carboxylic acids is 2. The number of amides is 1. The normalized spacial score (nSPS) is 10.5. The van der Waals surface area contributed by atoms with Crippen molar-refractivity contribution >= 4 is 23.5 Å². The summed E-state index contributed by atoms with van der Waals surface area (Å²) in [5.74, 6) is -0.296. The van der Waals surface area contributed by atoms with Gasteiger partial charge in [-0.2, -0.15) is 0 Å². The average Bonchev–Trinajstić information content (AvgIpc) is 2.65. The molecule has 8 nitrogen and oxygen atoms in total. The van der Waals surface area contributed by atoms with E-state index in [2.05, 4.69) is 25.5 Å². The summed E-state index contributed by atoms with van der Waals surface area (Å²) >= 11 is 0. The lowest BCUT2D eigenvalue weighted by atomic mass is 10.2. The fourth-order valence-corrected chi connectivity index (χ4v) is 2.18. The number of methoxy groups -OCH3 is 1. The van der Waals surface area contributed by atoms with Crippen LogP contribution in [-0.4, -0.2) is 61.0 Å². The second kappa shape index (κ2) is 9.47. The van der Waals surface area contributed by atoms with Crippen molar-refractivity contribution in [3.05, 3.63) is 47.8 Å². The van der Waals surface area contributed by atoms with Gasteiger partial charge in [-0.3, -0.25) is 4.79 Å². The third-order valence-corrected chi connectivity index (χ3v) is 3.52. The smallest absolute Gasteiger partial charge is 0.337 e. The molecule has 0 aliphatic rings. The molecule has 138 valence electrons. The molecule has 0 atom stereocenters. The van der Waals surface area contributed by atoms with Crippen LogP contribution in [0.4, 0.5) is 11.6 Å². The number of aromatic nitrogens is 2. The predicted octanol–water partition coefficient (Wildman–Crippen LogP) is 1.69. The summed E-state index contributed by atoms with van der Waals surface area (Å²) in [5, 5.41) is 5.82. The van der Waals surface area contributed by atoms with Gasteiger partial charge in [-0.1, -0.05) is 6.07 Å². The van der Waals surface area contributed by atoms with Gasteiger partial charge in [-0.15, -0.1) is 0 Å². The lowest BCUT2D eigenvalue weighted by Gasteiger charge is -2.10. The fraction of sp³-hybridized carbons (Fsp3) is 0.333. The van der Waals surface area contributed by atoms with Gasteiger partial charge >= 0.3 is 5.97 Å². The van der Waals surface area contributed by atoms with Gasteiger partial charge in [0, 0.05) is 24.6 Å². The van der Waals surface area contributed by atoms with Gasteiger partial charge < -0.3 is 20.3 Å². The first-order chi connectivity index (χ1) is 12.5. The van der Waals surface area contributed by atoms with Gasteiger partial charge in [0.15, 0.2) is 0 Å². The van der Waals surface area contributed by atoms with Gasteiger partial charge in [0.1, 0.15) is 0 Å². The number of rotatable bonds is 8. The summed E-state index contributed by atoms with van der Waals surface area (Å²) in [5.41, 5.74) is 1.46. The Labute approximate surface area is 152 Å². The molecule has 0 radical (unpaired) electrons. The molecule has 1 heterocycles. The molecule has 0 aliphatic carbocycles. The molecule has 0 fully saturated rings. The highest BCUT2D eigenvalue weighted by molar-refractivity contribution is 5.93. The zero-order valence-electron chi connectivity index (χ0n) is 15.2. The number of anilines is 2. The van der Waals surface area contributed by atoms with E-state index in [1.807, 2.05) is 14.1 Å². The van der Waals surface area contributed by atoms with E-state index in [9.17, 15) is 9.59 Å². The number of hydrogen-bond donors (Lipinski definition) is 2. The topological polar surface area (TPSA) is 96.4 Å². The van der Waals surface area contributed by atoms with E-state index >= 15 is 0 Å². The van der Waals surface area contributed by atoms with Crippen LogP contribution in [0.1, 0.15) is 27.1 Å². The van der Waals surface area contributed by atoms with E-state index < -0.39 is 5.97 Å². The average molecular weight is 357 g/mol. The van der Waals surface area contributed by atoms with Crippen LogP contribution in [0.25, 0.3) is 0 Å². The highest BCUT2D eigenvalue weighted by Crippen LogP contribution is 2.15. The van der Waals surface area contributed by atoms with Crippen LogP contribution in [-0.2, 0) is 4.74 Å². The number of nitrogens with one attached hydrogen (secondary N) is 2. The lowest BCUT2D eigenvalue weighted by Crippen LogP contribution is -2.27. The summed E-state index contributed by atoms with van der Waals surface area (Å²) in [6.07, 6.45) is 3.79. The van der Waals surface area contributed by atoms with E-state index in [-0.39, 0.29) is 5.91 Å². The summed E-state index contributed by atoms with van der Waals surface area (Å²) in [6, 6.07) is 6.80. The van der Waals surface area contributed by atoms with E-state index in [0.29, 0.717) is 29.3 Å². The molecule has 0 aliphatic heterocycles. The predicted molar refractivity (Wildman–Crippen MR) is 98.6 cm³/mol. The van der Waals surface area contributed by atoms with Crippen LogP contribution in [0.15, 0.2) is 36.7 Å². The molecular weight excluding hydrogens is 334 g/mol. The number of esters is 1. The third kappa shape index (κ3) is 5.82. The van der Waals surface area contributed by atoms with Gasteiger partial charge in [-0.25, -0.2) is 14.8 Å². The Morgan fingerprint density at radius 3 is 2.54 bits per heavy atom. The van der Waals surface area contributed by atoms with Crippen LogP contribution in [0, 0.1) is 0 Å². The number of benzene rings is 1. The van der Waals surface area contributed by atoms with Crippen molar-refractivity contribution in [2.75, 3.05) is 39.6 Å². The molecule has 8 heteroatoms. The number of hydrogen-bond acceptors (Lipinski definition) is 7. The Morgan fingerprint density at radius 2 is 1.88 bits per heavy atom. The maximum absolute atomic E-state index is 12.0. The van der Waals surface area contributed by atoms with Crippen molar-refractivity contribution in [3.63, 3.8) is 0 Å². The van der Waals surface area contributed by atoms with Gasteiger partial charge in [0.25, 0.3) is 5.91 Å². The molecular formula is C18H23N5O3. The Balaban J connectivity index is 1.93. The maximum atomic E-state index is 12.0. The Kier molecular flexibility index (Phi) is 7.04. The minimum atomic E-state index is -0.421. The highest BCUT2D eigenvalue weighted by atomic mass is 16.5. The fourth-order valence-electron chi connectivity index (χ4n) is 2.18. The molecule has 2 aromatic rings. The summed E-state index contributed by atoms with van der Waals surface area (Å²) in [7, 11) is 5.31. The molecule has 0 unspecified atom stereocenters. The zero-order chi connectivity index (χ0) is 18.9. The van der Waals surface area contributed by atoms with Gasteiger partial charge in [0.05, 0.1) is 18.2 Å². The van der Waals surface area contributed by atoms with Crippen LogP contribution in [0.2, 0.25) is 0 Å². The molecule has 1 aromatic carbocycles. The van der Waals surface area contributed by atoms with Crippen molar-refractivity contribution < 1.29 is 14.3 Å². The lowest BCUT2D eigenvalue weighted by molar-refractivity contribution is 0.0600. The largest absolute Gasteiger partial charge is 0.465 e. The van der Waals surface area contributed by atoms with Crippen LogP contribution in [0.3, 0.4) is 0 Å². The Morgan fingerprint density at radius 1 is 1.15 bits per heavy atom. The van der Waals surface area contributed by atoms with Crippen LogP contribution < -0.4 is 10.6 Å². The van der Waals surface area contributed by atoms with Crippen molar-refractivity contribution in [2.24, 2.45) is 0 Å². The number of carbonyl (C=O) groups is 2. The van der Waals surface area contributed by atoms with Crippen molar-refractivity contribution in [1.82, 2.24) is 20.2 Å². The molecule has 2 N–H and O–H groups in total. The Hall–Kier alpha value is -3.00. The molecule has 0 bridgehead atoms. The van der Waals surface area contributed by atoms with Gasteiger partial charge in [0.2, 0.25) is 5.95 Å². The molecule has 1 amide bonds. The quantitative estimate of drug-likeness (QED) is 0.548. The Bertz CT molecular complexity index is 747. The molecule has 0 saturated heterocycles. The molecule has 0 spiro atoms. The molecule has 0 saturated carbocycles. The third-order valence-electron chi connectivity index (χ3n) is 3.52. The summed E-state index contributed by atoms with van der Waals surface area (Å²) in [6.45, 7) is 1.50. The summed E-state index contributed by atoms with van der Waals surface area (Å²) < 4.78 is 4.69. The van der Waals surface area contributed by atoms with Crippen LogP contribution in [0.5, 0.6) is 0 Å². The SMILES string of the molecule is COC(=O)c1cccc(Nc2ncc(C(=O)NCCCN(C)C)cn2)c1. The van der Waals surface area contributed by atoms with Crippen molar-refractivity contribution in [1.29, 1.82) is 0 Å². The second-order valence-electron chi connectivity index (χ2n) is 5.91.